The summed E-state index contributed by atoms with van der Waals surface area (Å²) >= 11 is 0. The summed E-state index contributed by atoms with van der Waals surface area (Å²) in [6.45, 7) is 10.1. The fourth-order valence-corrected chi connectivity index (χ4v) is 6.48. The molecular formula is C30H46F2N4O4Si. The maximum Gasteiger partial charge on any atom is 0.248 e. The van der Waals surface area contributed by atoms with Gasteiger partial charge in [0.2, 0.25) is 11.8 Å². The Labute approximate surface area is 242 Å². The first kappa shape index (κ1) is 30.5. The van der Waals surface area contributed by atoms with Crippen molar-refractivity contribution >= 4 is 25.0 Å². The van der Waals surface area contributed by atoms with Gasteiger partial charge in [0.05, 0.1) is 47.9 Å². The summed E-state index contributed by atoms with van der Waals surface area (Å²) < 4.78 is 48.0. The molecule has 0 saturated heterocycles. The minimum atomic E-state index is -2.75. The third-order valence-electron chi connectivity index (χ3n) is 8.61. The number of halogens is 2. The number of hydrogen-bond donors (Lipinski definition) is 2. The highest BCUT2D eigenvalue weighted by atomic mass is 28.3. The zero-order valence-corrected chi connectivity index (χ0v) is 25.8. The number of imidazole rings is 1. The van der Waals surface area contributed by atoms with Crippen molar-refractivity contribution in [1.82, 2.24) is 9.55 Å². The van der Waals surface area contributed by atoms with Gasteiger partial charge in [-0.2, -0.15) is 0 Å². The highest BCUT2D eigenvalue weighted by molar-refractivity contribution is 6.76. The van der Waals surface area contributed by atoms with Crippen LogP contribution in [0.4, 0.5) is 8.78 Å². The molecule has 8 nitrogen and oxygen atoms in total. The van der Waals surface area contributed by atoms with Crippen LogP contribution in [0.2, 0.25) is 25.7 Å². The van der Waals surface area contributed by atoms with Crippen molar-refractivity contribution in [3.63, 3.8) is 0 Å². The number of nitrogens with zero attached hydrogens (tertiary/aromatic N) is 2. The van der Waals surface area contributed by atoms with Gasteiger partial charge in [-0.1, -0.05) is 25.7 Å². The number of benzene rings is 1. The highest BCUT2D eigenvalue weighted by Crippen LogP contribution is 2.50. The summed E-state index contributed by atoms with van der Waals surface area (Å²) in [5.41, 5.74) is 14.9. The molecule has 228 valence electrons. The van der Waals surface area contributed by atoms with Gasteiger partial charge in [-0.25, -0.2) is 13.8 Å². The summed E-state index contributed by atoms with van der Waals surface area (Å²) in [5.74, 6) is -4.30. The molecule has 1 unspecified atom stereocenters. The lowest BCUT2D eigenvalue weighted by Gasteiger charge is -2.41. The van der Waals surface area contributed by atoms with Gasteiger partial charge in [0.1, 0.15) is 12.6 Å². The average molecular weight is 593 g/mol. The van der Waals surface area contributed by atoms with E-state index in [-0.39, 0.29) is 37.8 Å². The van der Waals surface area contributed by atoms with Crippen LogP contribution < -0.4 is 11.5 Å². The largest absolute Gasteiger partial charge is 0.378 e. The van der Waals surface area contributed by atoms with Crippen LogP contribution in [0.5, 0.6) is 0 Å². The van der Waals surface area contributed by atoms with E-state index in [4.69, 9.17) is 30.7 Å². The van der Waals surface area contributed by atoms with E-state index in [1.165, 1.54) is 0 Å². The maximum atomic E-state index is 13.8. The molecule has 1 aromatic carbocycles. The third kappa shape index (κ3) is 7.73. The van der Waals surface area contributed by atoms with Gasteiger partial charge in [-0.05, 0) is 62.3 Å². The number of nitrogens with two attached hydrogens (primary N) is 2. The van der Waals surface area contributed by atoms with E-state index in [0.717, 1.165) is 42.8 Å². The second-order valence-electron chi connectivity index (χ2n) is 13.7. The standard InChI is InChI=1S/C30H46F2N4O4Si/c1-18(40-22-8-9-22)27(33)29-35-24-13-19(5-10-25(24)36(29)17-38-11-12-41(2,3)4)23(16-39-21-6-7-21)26(28(34)37)20-14-30(31,32)15-20/h5,10,13,18,20-23,26-27H,6-9,11-12,14-17,33H2,1-4H3,(H2,34,37)/t18-,23-,26?,27+/m1/s1. The van der Waals surface area contributed by atoms with Gasteiger partial charge in [0, 0.05) is 33.4 Å². The van der Waals surface area contributed by atoms with E-state index in [0.29, 0.717) is 24.7 Å². The van der Waals surface area contributed by atoms with Gasteiger partial charge < -0.3 is 30.2 Å². The second kappa shape index (κ2) is 12.0. The molecule has 0 aliphatic heterocycles. The quantitative estimate of drug-likeness (QED) is 0.201. The predicted molar refractivity (Wildman–Crippen MR) is 156 cm³/mol. The molecule has 1 heterocycles. The van der Waals surface area contributed by atoms with Gasteiger partial charge in [-0.3, -0.25) is 4.79 Å². The number of amides is 1. The Kier molecular flexibility index (Phi) is 8.93. The van der Waals surface area contributed by atoms with E-state index >= 15 is 0 Å². The van der Waals surface area contributed by atoms with Crippen molar-refractivity contribution in [2.75, 3.05) is 13.2 Å². The lowest BCUT2D eigenvalue weighted by molar-refractivity contribution is -0.147. The highest BCUT2D eigenvalue weighted by Gasteiger charge is 2.52. The van der Waals surface area contributed by atoms with Crippen LogP contribution in [0, 0.1) is 11.8 Å². The number of aromatic nitrogens is 2. The minimum absolute atomic E-state index is 0.155. The maximum absolute atomic E-state index is 13.8. The first-order valence-corrected chi connectivity index (χ1v) is 18.8. The number of carbonyl (C=O) groups is 1. The lowest BCUT2D eigenvalue weighted by Crippen LogP contribution is -2.47. The fourth-order valence-electron chi connectivity index (χ4n) is 5.72. The number of hydrogen-bond acceptors (Lipinski definition) is 6. The van der Waals surface area contributed by atoms with Crippen LogP contribution in [0.25, 0.3) is 11.0 Å². The lowest BCUT2D eigenvalue weighted by atomic mass is 9.67. The molecule has 2 aromatic rings. The fraction of sp³-hybridized carbons (Fsp3) is 0.733. The first-order chi connectivity index (χ1) is 19.3. The molecule has 41 heavy (non-hydrogen) atoms. The zero-order valence-electron chi connectivity index (χ0n) is 24.8. The number of carbonyl (C=O) groups excluding carboxylic acids is 1. The molecule has 0 spiro atoms. The van der Waals surface area contributed by atoms with E-state index in [1.54, 1.807) is 0 Å². The van der Waals surface area contributed by atoms with Gasteiger partial charge >= 0.3 is 0 Å². The summed E-state index contributed by atoms with van der Waals surface area (Å²) in [5, 5.41) is 0. The first-order valence-electron chi connectivity index (χ1n) is 15.1. The van der Waals surface area contributed by atoms with Crippen molar-refractivity contribution < 1.29 is 27.8 Å². The van der Waals surface area contributed by atoms with E-state index in [2.05, 4.69) is 19.6 Å². The van der Waals surface area contributed by atoms with Gasteiger partial charge in [0.15, 0.2) is 0 Å². The second-order valence-corrected chi connectivity index (χ2v) is 19.3. The van der Waals surface area contributed by atoms with Crippen LogP contribution in [0.1, 0.15) is 68.8 Å². The molecule has 0 radical (unpaired) electrons. The Morgan fingerprint density at radius 2 is 1.85 bits per heavy atom. The molecule has 1 aromatic heterocycles. The van der Waals surface area contributed by atoms with E-state index in [1.807, 2.05) is 29.7 Å². The molecule has 5 rings (SSSR count). The molecule has 4 atom stereocenters. The molecule has 3 aliphatic rings. The average Bonchev–Trinajstić information content (AvgIpc) is 3.80. The summed E-state index contributed by atoms with van der Waals surface area (Å²) in [6, 6.07) is 6.42. The van der Waals surface area contributed by atoms with Crippen LogP contribution in [0.3, 0.4) is 0 Å². The SMILES string of the molecule is C[C@@H](OC1CC1)[C@H](N)c1nc2cc([C@@H](COC3CC3)C(C(N)=O)C3CC(F)(F)C3)ccc2n1COCC[Si](C)(C)C. The summed E-state index contributed by atoms with van der Waals surface area (Å²) in [4.78, 5) is 17.6. The number of alkyl halides is 2. The summed E-state index contributed by atoms with van der Waals surface area (Å²) in [6.07, 6.45) is 3.57. The number of rotatable bonds is 16. The van der Waals surface area contributed by atoms with Crippen LogP contribution in [-0.4, -0.2) is 61.0 Å². The Bertz CT molecular complexity index is 1220. The molecule has 11 heteroatoms. The molecule has 3 aliphatic carbocycles. The third-order valence-corrected chi connectivity index (χ3v) is 10.3. The zero-order chi connectivity index (χ0) is 29.5. The molecule has 0 bridgehead atoms. The predicted octanol–water partition coefficient (Wildman–Crippen LogP) is 5.33. The van der Waals surface area contributed by atoms with Crippen LogP contribution in [0.15, 0.2) is 18.2 Å². The number of primary amides is 1. The van der Waals surface area contributed by atoms with Crippen molar-refractivity contribution in [3.8, 4) is 0 Å². The molecule has 4 N–H and O–H groups in total. The summed E-state index contributed by atoms with van der Waals surface area (Å²) in [7, 11) is -1.26. The minimum Gasteiger partial charge on any atom is -0.378 e. The van der Waals surface area contributed by atoms with Gasteiger partial charge in [0.25, 0.3) is 0 Å². The van der Waals surface area contributed by atoms with Crippen molar-refractivity contribution in [2.45, 2.75) is 114 Å². The molecule has 3 saturated carbocycles. The van der Waals surface area contributed by atoms with E-state index in [9.17, 15) is 13.6 Å². The monoisotopic (exact) mass is 592 g/mol. The van der Waals surface area contributed by atoms with Crippen molar-refractivity contribution in [1.29, 1.82) is 0 Å². The normalized spacial score (nSPS) is 22.3. The topological polar surface area (TPSA) is 115 Å². The number of fused-ring (bicyclic) bond motifs is 1. The van der Waals surface area contributed by atoms with Crippen LogP contribution >= 0.6 is 0 Å². The molecule has 3 fully saturated rings. The smallest absolute Gasteiger partial charge is 0.248 e. The Morgan fingerprint density at radius 1 is 1.17 bits per heavy atom. The Balaban J connectivity index is 1.45. The van der Waals surface area contributed by atoms with E-state index < -0.39 is 43.7 Å². The van der Waals surface area contributed by atoms with Gasteiger partial charge in [-0.15, -0.1) is 0 Å². The van der Waals surface area contributed by atoms with Crippen LogP contribution in [-0.2, 0) is 25.7 Å². The molecular weight excluding hydrogens is 546 g/mol. The Hall–Kier alpha value is -1.92. The van der Waals surface area contributed by atoms with Crippen molar-refractivity contribution in [3.05, 3.63) is 29.6 Å². The molecule has 1 amide bonds. The Morgan fingerprint density at radius 3 is 2.44 bits per heavy atom. The van der Waals surface area contributed by atoms with Crippen molar-refractivity contribution in [2.24, 2.45) is 23.3 Å². The number of ether oxygens (including phenoxy) is 3.